The van der Waals surface area contributed by atoms with E-state index in [9.17, 15) is 4.79 Å². The highest BCUT2D eigenvalue weighted by Gasteiger charge is 2.26. The third kappa shape index (κ3) is 4.93. The lowest BCUT2D eigenvalue weighted by Crippen LogP contribution is -2.43. The molecule has 0 radical (unpaired) electrons. The highest BCUT2D eigenvalue weighted by molar-refractivity contribution is 6.30. The van der Waals surface area contributed by atoms with Gasteiger partial charge in [-0.05, 0) is 57.5 Å². The Morgan fingerprint density at radius 3 is 2.80 bits per heavy atom. The fraction of sp³-hybridized carbons (Fsp3) is 0.471. The maximum Gasteiger partial charge on any atom is 0.257 e. The molecule has 1 aliphatic rings. The highest BCUT2D eigenvalue weighted by atomic mass is 35.5. The van der Waals surface area contributed by atoms with Gasteiger partial charge in [-0.2, -0.15) is 4.98 Å². The van der Waals surface area contributed by atoms with Crippen LogP contribution < -0.4 is 10.6 Å². The van der Waals surface area contributed by atoms with Crippen LogP contribution >= 0.6 is 24.0 Å². The van der Waals surface area contributed by atoms with Crippen molar-refractivity contribution in [3.8, 4) is 11.5 Å². The number of nitrogens with one attached hydrogen (secondary N) is 2. The Labute approximate surface area is 158 Å². The summed E-state index contributed by atoms with van der Waals surface area (Å²) in [5.41, 5.74) is 0.795. The fourth-order valence-electron chi connectivity index (χ4n) is 2.89. The topological polar surface area (TPSA) is 80.0 Å². The standard InChI is InChI=1S/C17H21ClN4O2.ClH/c1-10-9-13(7-8-19-10)16(23)20-11(2)15-21-17(24-22-15)12-3-5-14(18)6-4-12;/h3-6,10-11,13,19H,7-9H2,1-2H3,(H,20,23);1H/t10-,11?,13-;/m0./s1. The van der Waals surface area contributed by atoms with Crippen LogP contribution in [0.5, 0.6) is 0 Å². The lowest BCUT2D eigenvalue weighted by atomic mass is 9.92. The van der Waals surface area contributed by atoms with Gasteiger partial charge in [0.25, 0.3) is 5.89 Å². The molecule has 3 atom stereocenters. The van der Waals surface area contributed by atoms with Crippen molar-refractivity contribution in [1.82, 2.24) is 20.8 Å². The monoisotopic (exact) mass is 384 g/mol. The van der Waals surface area contributed by atoms with E-state index < -0.39 is 0 Å². The number of halogens is 2. The zero-order valence-electron chi connectivity index (χ0n) is 14.2. The Balaban J connectivity index is 0.00000225. The van der Waals surface area contributed by atoms with Crippen LogP contribution in [0.3, 0.4) is 0 Å². The molecule has 2 N–H and O–H groups in total. The van der Waals surface area contributed by atoms with E-state index in [0.29, 0.717) is 22.8 Å². The molecule has 0 bridgehead atoms. The summed E-state index contributed by atoms with van der Waals surface area (Å²) < 4.78 is 5.29. The molecule has 136 valence electrons. The quantitative estimate of drug-likeness (QED) is 0.844. The van der Waals surface area contributed by atoms with Crippen molar-refractivity contribution >= 4 is 29.9 Å². The fourth-order valence-corrected chi connectivity index (χ4v) is 3.01. The van der Waals surface area contributed by atoms with Crippen LogP contribution in [0.4, 0.5) is 0 Å². The van der Waals surface area contributed by atoms with Gasteiger partial charge in [-0.15, -0.1) is 12.4 Å². The van der Waals surface area contributed by atoms with E-state index in [1.165, 1.54) is 0 Å². The second-order valence-electron chi connectivity index (χ2n) is 6.27. The van der Waals surface area contributed by atoms with Gasteiger partial charge in [0, 0.05) is 22.5 Å². The van der Waals surface area contributed by atoms with Crippen LogP contribution in [-0.4, -0.2) is 28.6 Å². The minimum Gasteiger partial charge on any atom is -0.346 e. The first-order valence-corrected chi connectivity index (χ1v) is 8.54. The smallest absolute Gasteiger partial charge is 0.257 e. The predicted molar refractivity (Wildman–Crippen MR) is 98.7 cm³/mol. The average Bonchev–Trinajstić information content (AvgIpc) is 3.05. The Hall–Kier alpha value is -1.63. The lowest BCUT2D eigenvalue weighted by Gasteiger charge is -2.27. The van der Waals surface area contributed by atoms with E-state index in [1.54, 1.807) is 12.1 Å². The van der Waals surface area contributed by atoms with Crippen LogP contribution in [0.2, 0.25) is 5.02 Å². The number of nitrogens with zero attached hydrogens (tertiary/aromatic N) is 2. The molecular weight excluding hydrogens is 363 g/mol. The average molecular weight is 385 g/mol. The number of piperidine rings is 1. The third-order valence-electron chi connectivity index (χ3n) is 4.27. The normalized spacial score (nSPS) is 21.2. The van der Waals surface area contributed by atoms with E-state index >= 15 is 0 Å². The van der Waals surface area contributed by atoms with Crippen LogP contribution in [0.15, 0.2) is 28.8 Å². The van der Waals surface area contributed by atoms with E-state index in [2.05, 4.69) is 27.7 Å². The molecule has 1 saturated heterocycles. The van der Waals surface area contributed by atoms with Crippen LogP contribution in [0.1, 0.15) is 38.6 Å². The number of benzene rings is 1. The Bertz CT molecular complexity index is 705. The predicted octanol–water partition coefficient (Wildman–Crippen LogP) is 3.38. The molecular formula is C17H22Cl2N4O2. The molecule has 6 nitrogen and oxygen atoms in total. The first kappa shape index (κ1) is 19.7. The SMILES string of the molecule is CC(NC(=O)[C@H]1CCN[C@@H](C)C1)c1noc(-c2ccc(Cl)cc2)n1.Cl. The maximum atomic E-state index is 12.4. The molecule has 25 heavy (non-hydrogen) atoms. The van der Waals surface area contributed by atoms with Gasteiger partial charge >= 0.3 is 0 Å². The molecule has 8 heteroatoms. The van der Waals surface area contributed by atoms with Crippen LogP contribution in [0, 0.1) is 5.92 Å². The van der Waals surface area contributed by atoms with Gasteiger partial charge in [-0.25, -0.2) is 0 Å². The van der Waals surface area contributed by atoms with Gasteiger partial charge in [0.2, 0.25) is 5.91 Å². The second kappa shape index (κ2) is 8.65. The number of carbonyl (C=O) groups excluding carboxylic acids is 1. The number of hydrogen-bond donors (Lipinski definition) is 2. The van der Waals surface area contributed by atoms with Crippen LogP contribution in [-0.2, 0) is 4.79 Å². The molecule has 1 aromatic carbocycles. The lowest BCUT2D eigenvalue weighted by molar-refractivity contribution is -0.126. The van der Waals surface area contributed by atoms with Gasteiger partial charge in [0.05, 0.1) is 6.04 Å². The minimum absolute atomic E-state index is 0. The molecule has 2 heterocycles. The summed E-state index contributed by atoms with van der Waals surface area (Å²) in [4.78, 5) is 16.8. The molecule has 3 rings (SSSR count). The van der Waals surface area contributed by atoms with Gasteiger partial charge in [-0.3, -0.25) is 4.79 Å². The summed E-state index contributed by atoms with van der Waals surface area (Å²) in [6.07, 6.45) is 1.70. The molecule has 1 aliphatic heterocycles. The Morgan fingerprint density at radius 2 is 2.12 bits per heavy atom. The summed E-state index contributed by atoms with van der Waals surface area (Å²) in [6, 6.07) is 7.24. The number of rotatable bonds is 4. The molecule has 0 saturated carbocycles. The first-order chi connectivity index (χ1) is 11.5. The summed E-state index contributed by atoms with van der Waals surface area (Å²) >= 11 is 5.88. The number of hydrogen-bond acceptors (Lipinski definition) is 5. The molecule has 1 aromatic heterocycles. The zero-order valence-corrected chi connectivity index (χ0v) is 15.7. The Kier molecular flexibility index (Phi) is 6.81. The molecule has 2 aromatic rings. The summed E-state index contributed by atoms with van der Waals surface area (Å²) in [5, 5.41) is 11.0. The van der Waals surface area contributed by atoms with Crippen molar-refractivity contribution in [2.24, 2.45) is 5.92 Å². The van der Waals surface area contributed by atoms with Gasteiger partial charge in [-0.1, -0.05) is 16.8 Å². The summed E-state index contributed by atoms with van der Waals surface area (Å²) in [7, 11) is 0. The van der Waals surface area contributed by atoms with Crippen molar-refractivity contribution < 1.29 is 9.32 Å². The van der Waals surface area contributed by atoms with Crippen molar-refractivity contribution in [3.63, 3.8) is 0 Å². The summed E-state index contributed by atoms with van der Waals surface area (Å²) in [5.74, 6) is 0.966. The number of carbonyl (C=O) groups is 1. The summed E-state index contributed by atoms with van der Waals surface area (Å²) in [6.45, 7) is 4.83. The molecule has 1 fully saturated rings. The van der Waals surface area contributed by atoms with E-state index in [1.807, 2.05) is 19.1 Å². The van der Waals surface area contributed by atoms with Crippen molar-refractivity contribution in [1.29, 1.82) is 0 Å². The first-order valence-electron chi connectivity index (χ1n) is 8.16. The van der Waals surface area contributed by atoms with Crippen molar-refractivity contribution in [2.45, 2.75) is 38.8 Å². The second-order valence-corrected chi connectivity index (χ2v) is 6.71. The maximum absolute atomic E-state index is 12.4. The van der Waals surface area contributed by atoms with E-state index in [0.717, 1.165) is 24.9 Å². The van der Waals surface area contributed by atoms with Gasteiger partial charge < -0.3 is 15.2 Å². The van der Waals surface area contributed by atoms with E-state index in [4.69, 9.17) is 16.1 Å². The molecule has 1 unspecified atom stereocenters. The highest BCUT2D eigenvalue weighted by Crippen LogP contribution is 2.22. The Morgan fingerprint density at radius 1 is 1.40 bits per heavy atom. The molecule has 1 amide bonds. The van der Waals surface area contributed by atoms with Crippen LogP contribution in [0.25, 0.3) is 11.5 Å². The van der Waals surface area contributed by atoms with Crippen molar-refractivity contribution in [2.75, 3.05) is 6.54 Å². The van der Waals surface area contributed by atoms with E-state index in [-0.39, 0.29) is 30.3 Å². The minimum atomic E-state index is -0.299. The molecule has 0 spiro atoms. The van der Waals surface area contributed by atoms with Gasteiger partial charge in [0.1, 0.15) is 0 Å². The van der Waals surface area contributed by atoms with Crippen molar-refractivity contribution in [3.05, 3.63) is 35.1 Å². The number of amides is 1. The zero-order chi connectivity index (χ0) is 17.1. The molecule has 0 aliphatic carbocycles. The van der Waals surface area contributed by atoms with Gasteiger partial charge in [0.15, 0.2) is 5.82 Å². The third-order valence-corrected chi connectivity index (χ3v) is 4.53. The number of aromatic nitrogens is 2. The largest absolute Gasteiger partial charge is 0.346 e.